The lowest BCUT2D eigenvalue weighted by Crippen LogP contribution is -2.32. The van der Waals surface area contributed by atoms with Crippen LogP contribution in [-0.2, 0) is 4.79 Å². The molecule has 2 aliphatic rings. The summed E-state index contributed by atoms with van der Waals surface area (Å²) >= 11 is 0. The summed E-state index contributed by atoms with van der Waals surface area (Å²) in [7, 11) is 0. The fraction of sp³-hybridized carbons (Fsp3) is 0.923. The molecule has 3 nitrogen and oxygen atoms in total. The number of likely N-dealkylation sites (tertiary alicyclic amines) is 1. The molecule has 0 aromatic carbocycles. The lowest BCUT2D eigenvalue weighted by atomic mass is 9.79. The summed E-state index contributed by atoms with van der Waals surface area (Å²) in [6, 6.07) is 0.376. The molecule has 16 heavy (non-hydrogen) atoms. The van der Waals surface area contributed by atoms with Gasteiger partial charge in [0.15, 0.2) is 0 Å². The highest BCUT2D eigenvalue weighted by Gasteiger charge is 2.38. The number of nitrogens with two attached hydrogens (primary N) is 1. The smallest absolute Gasteiger partial charge is 0.222 e. The van der Waals surface area contributed by atoms with Gasteiger partial charge in [-0.1, -0.05) is 13.8 Å². The maximum absolute atomic E-state index is 12.0. The number of fused-ring (bicyclic) bond motifs is 1. The average Bonchev–Trinajstić information content (AvgIpc) is 2.59. The van der Waals surface area contributed by atoms with Crippen molar-refractivity contribution >= 4 is 5.91 Å². The monoisotopic (exact) mass is 224 g/mol. The Hall–Kier alpha value is -0.570. The van der Waals surface area contributed by atoms with Crippen LogP contribution in [0.15, 0.2) is 0 Å². The van der Waals surface area contributed by atoms with Gasteiger partial charge in [-0.05, 0) is 37.0 Å². The van der Waals surface area contributed by atoms with Gasteiger partial charge < -0.3 is 10.6 Å². The molecule has 1 aliphatic heterocycles. The number of nitrogens with zero attached hydrogens (tertiary/aromatic N) is 1. The third-order valence-electron chi connectivity index (χ3n) is 4.03. The number of carbonyl (C=O) groups excluding carboxylic acids is 1. The Bertz CT molecular complexity index is 265. The molecule has 92 valence electrons. The summed E-state index contributed by atoms with van der Waals surface area (Å²) in [6.45, 7) is 6.17. The maximum atomic E-state index is 12.0. The average molecular weight is 224 g/mol. The van der Waals surface area contributed by atoms with Crippen molar-refractivity contribution in [2.24, 2.45) is 23.5 Å². The van der Waals surface area contributed by atoms with Gasteiger partial charge in [-0.3, -0.25) is 4.79 Å². The van der Waals surface area contributed by atoms with Gasteiger partial charge in [0, 0.05) is 25.6 Å². The fourth-order valence-electron chi connectivity index (χ4n) is 3.15. The molecule has 0 bridgehead atoms. The number of hydrogen-bond donors (Lipinski definition) is 1. The number of rotatable bonds is 2. The molecule has 0 aromatic rings. The van der Waals surface area contributed by atoms with Gasteiger partial charge in [0.2, 0.25) is 5.91 Å². The largest absolute Gasteiger partial charge is 0.342 e. The second-order valence-corrected chi connectivity index (χ2v) is 5.99. The van der Waals surface area contributed by atoms with E-state index < -0.39 is 0 Å². The number of hydrogen-bond acceptors (Lipinski definition) is 2. The predicted molar refractivity (Wildman–Crippen MR) is 64.8 cm³/mol. The minimum absolute atomic E-state index is 0.345. The zero-order valence-electron chi connectivity index (χ0n) is 10.5. The highest BCUT2D eigenvalue weighted by atomic mass is 16.2. The topological polar surface area (TPSA) is 46.3 Å². The van der Waals surface area contributed by atoms with E-state index in [9.17, 15) is 4.79 Å². The van der Waals surface area contributed by atoms with E-state index in [0.29, 0.717) is 30.2 Å². The molecular weight excluding hydrogens is 200 g/mol. The lowest BCUT2D eigenvalue weighted by molar-refractivity contribution is -0.131. The first-order valence-electron chi connectivity index (χ1n) is 6.59. The van der Waals surface area contributed by atoms with E-state index in [2.05, 4.69) is 18.7 Å². The first-order valence-corrected chi connectivity index (χ1v) is 6.59. The zero-order chi connectivity index (χ0) is 11.7. The molecule has 1 amide bonds. The van der Waals surface area contributed by atoms with Gasteiger partial charge in [0.05, 0.1) is 0 Å². The number of amides is 1. The predicted octanol–water partition coefficient (Wildman–Crippen LogP) is 1.62. The van der Waals surface area contributed by atoms with Gasteiger partial charge in [0.1, 0.15) is 0 Å². The first-order chi connectivity index (χ1) is 7.56. The van der Waals surface area contributed by atoms with Crippen LogP contribution >= 0.6 is 0 Å². The Kier molecular flexibility index (Phi) is 3.53. The molecule has 1 saturated carbocycles. The molecule has 2 fully saturated rings. The molecule has 3 atom stereocenters. The summed E-state index contributed by atoms with van der Waals surface area (Å²) < 4.78 is 0. The summed E-state index contributed by atoms with van der Waals surface area (Å²) in [6.07, 6.45) is 4.19. The third-order valence-corrected chi connectivity index (χ3v) is 4.03. The third kappa shape index (κ3) is 2.57. The molecule has 0 radical (unpaired) electrons. The zero-order valence-corrected chi connectivity index (χ0v) is 10.5. The molecule has 2 rings (SSSR count). The summed E-state index contributed by atoms with van der Waals surface area (Å²) in [4.78, 5) is 14.1. The Morgan fingerprint density at radius 3 is 2.69 bits per heavy atom. The summed E-state index contributed by atoms with van der Waals surface area (Å²) in [5.74, 6) is 2.23. The molecule has 3 heteroatoms. The molecule has 0 aromatic heterocycles. The van der Waals surface area contributed by atoms with Crippen molar-refractivity contribution in [3.63, 3.8) is 0 Å². The van der Waals surface area contributed by atoms with E-state index in [1.165, 1.54) is 6.42 Å². The molecular formula is C13H24N2O. The first kappa shape index (κ1) is 11.9. The highest BCUT2D eigenvalue weighted by Crippen LogP contribution is 2.35. The molecule has 1 aliphatic carbocycles. The van der Waals surface area contributed by atoms with Crippen LogP contribution in [0.2, 0.25) is 0 Å². The van der Waals surface area contributed by atoms with Crippen LogP contribution in [-0.4, -0.2) is 29.9 Å². The van der Waals surface area contributed by atoms with Gasteiger partial charge >= 0.3 is 0 Å². The SMILES string of the molecule is CC(C)CC(=O)N1C[C@H]2CCC(N)C[C@H]2C1. The Morgan fingerprint density at radius 1 is 1.31 bits per heavy atom. The number of carbonyl (C=O) groups is 1. The molecule has 0 spiro atoms. The van der Waals surface area contributed by atoms with Crippen molar-refractivity contribution < 1.29 is 4.79 Å². The van der Waals surface area contributed by atoms with Gasteiger partial charge in [-0.15, -0.1) is 0 Å². The van der Waals surface area contributed by atoms with Crippen LogP contribution in [0.4, 0.5) is 0 Å². The van der Waals surface area contributed by atoms with Gasteiger partial charge in [0.25, 0.3) is 0 Å². The van der Waals surface area contributed by atoms with E-state index in [1.54, 1.807) is 0 Å². The fourth-order valence-corrected chi connectivity index (χ4v) is 3.15. The van der Waals surface area contributed by atoms with Crippen LogP contribution < -0.4 is 5.73 Å². The normalized spacial score (nSPS) is 34.2. The summed E-state index contributed by atoms with van der Waals surface area (Å²) in [5, 5.41) is 0. The van der Waals surface area contributed by atoms with Crippen molar-refractivity contribution in [1.29, 1.82) is 0 Å². The molecule has 1 heterocycles. The minimum atomic E-state index is 0.345. The van der Waals surface area contributed by atoms with Crippen molar-refractivity contribution in [3.05, 3.63) is 0 Å². The Labute approximate surface area is 98.4 Å². The van der Waals surface area contributed by atoms with E-state index in [1.807, 2.05) is 0 Å². The highest BCUT2D eigenvalue weighted by molar-refractivity contribution is 5.76. The van der Waals surface area contributed by atoms with Crippen LogP contribution in [0.5, 0.6) is 0 Å². The molecule has 2 N–H and O–H groups in total. The standard InChI is InChI=1S/C13H24N2O/c1-9(2)5-13(16)15-7-10-3-4-12(14)6-11(10)8-15/h9-12H,3-8,14H2,1-2H3/t10-,11+,12?/m1/s1. The van der Waals surface area contributed by atoms with Crippen LogP contribution in [0.1, 0.15) is 39.5 Å². The van der Waals surface area contributed by atoms with Gasteiger partial charge in [-0.25, -0.2) is 0 Å². The maximum Gasteiger partial charge on any atom is 0.222 e. The van der Waals surface area contributed by atoms with E-state index in [4.69, 9.17) is 5.73 Å². The molecule has 1 unspecified atom stereocenters. The van der Waals surface area contributed by atoms with Crippen LogP contribution in [0.25, 0.3) is 0 Å². The van der Waals surface area contributed by atoms with Crippen molar-refractivity contribution in [3.8, 4) is 0 Å². The van der Waals surface area contributed by atoms with E-state index in [0.717, 1.165) is 31.8 Å². The van der Waals surface area contributed by atoms with Crippen LogP contribution in [0.3, 0.4) is 0 Å². The Morgan fingerprint density at radius 2 is 2.00 bits per heavy atom. The van der Waals surface area contributed by atoms with Gasteiger partial charge in [-0.2, -0.15) is 0 Å². The van der Waals surface area contributed by atoms with Crippen LogP contribution in [0, 0.1) is 17.8 Å². The minimum Gasteiger partial charge on any atom is -0.342 e. The lowest BCUT2D eigenvalue weighted by Gasteiger charge is -2.27. The van der Waals surface area contributed by atoms with Crippen molar-refractivity contribution in [1.82, 2.24) is 4.90 Å². The summed E-state index contributed by atoms with van der Waals surface area (Å²) in [5.41, 5.74) is 5.99. The molecule has 1 saturated heterocycles. The second kappa shape index (κ2) is 4.74. The van der Waals surface area contributed by atoms with Crippen molar-refractivity contribution in [2.75, 3.05) is 13.1 Å². The second-order valence-electron chi connectivity index (χ2n) is 5.99. The van der Waals surface area contributed by atoms with E-state index >= 15 is 0 Å². The Balaban J connectivity index is 1.89. The van der Waals surface area contributed by atoms with Crippen molar-refractivity contribution in [2.45, 2.75) is 45.6 Å². The van der Waals surface area contributed by atoms with E-state index in [-0.39, 0.29) is 0 Å². The quantitative estimate of drug-likeness (QED) is 0.774.